The molecule has 0 unspecified atom stereocenters. The van der Waals surface area contributed by atoms with E-state index in [1.54, 1.807) is 41.5 Å². The first-order valence-electron chi connectivity index (χ1n) is 9.89. The molecule has 2 heterocycles. The highest BCUT2D eigenvalue weighted by atomic mass is 19.1. The molecule has 0 radical (unpaired) electrons. The van der Waals surface area contributed by atoms with Gasteiger partial charge in [0.05, 0.1) is 12.7 Å². The predicted octanol–water partition coefficient (Wildman–Crippen LogP) is 3.98. The average molecular weight is 429 g/mol. The van der Waals surface area contributed by atoms with Crippen molar-refractivity contribution in [3.05, 3.63) is 108 Å². The van der Waals surface area contributed by atoms with Crippen LogP contribution < -0.4 is 10.1 Å². The molecule has 2 aromatic heterocycles. The molecule has 8 heteroatoms. The third kappa shape index (κ3) is 5.85. The Morgan fingerprint density at radius 2 is 2.00 bits per heavy atom. The summed E-state index contributed by atoms with van der Waals surface area (Å²) in [7, 11) is 0. The van der Waals surface area contributed by atoms with E-state index in [-0.39, 0.29) is 11.7 Å². The summed E-state index contributed by atoms with van der Waals surface area (Å²) in [4.78, 5) is 20.0. The number of hydrogen-bond acceptors (Lipinski definition) is 5. The molecule has 0 bridgehead atoms. The molecule has 4 aromatic rings. The van der Waals surface area contributed by atoms with Crippen molar-refractivity contribution >= 4 is 12.0 Å². The lowest BCUT2D eigenvalue weighted by atomic mass is 10.1. The van der Waals surface area contributed by atoms with Crippen molar-refractivity contribution in [2.75, 3.05) is 0 Å². The number of carbonyl (C=O) groups is 1. The number of nitrogens with zero attached hydrogens (tertiary/aromatic N) is 4. The lowest BCUT2D eigenvalue weighted by Crippen LogP contribution is -2.20. The van der Waals surface area contributed by atoms with Crippen LogP contribution in [-0.4, -0.2) is 25.7 Å². The smallest absolute Gasteiger partial charge is 0.244 e. The molecule has 0 saturated heterocycles. The van der Waals surface area contributed by atoms with Crippen LogP contribution in [0.3, 0.4) is 0 Å². The Balaban J connectivity index is 1.31. The number of pyridine rings is 1. The topological polar surface area (TPSA) is 81.9 Å². The van der Waals surface area contributed by atoms with Crippen LogP contribution in [0.25, 0.3) is 6.08 Å². The zero-order valence-corrected chi connectivity index (χ0v) is 17.1. The Morgan fingerprint density at radius 3 is 2.78 bits per heavy atom. The SMILES string of the molecule is O=C(/C=C/c1ccc(Oc2cccnc2)c(F)c1)NCc1cccc(Cn2cncn2)c1. The Bertz CT molecular complexity index is 1210. The summed E-state index contributed by atoms with van der Waals surface area (Å²) in [5.41, 5.74) is 2.57. The van der Waals surface area contributed by atoms with Gasteiger partial charge in [-0.3, -0.25) is 9.78 Å². The summed E-state index contributed by atoms with van der Waals surface area (Å²) in [5, 5.41) is 6.92. The zero-order valence-electron chi connectivity index (χ0n) is 17.1. The lowest BCUT2D eigenvalue weighted by Gasteiger charge is -2.07. The molecular weight excluding hydrogens is 409 g/mol. The Hall–Kier alpha value is -4.33. The van der Waals surface area contributed by atoms with Crippen LogP contribution >= 0.6 is 0 Å². The van der Waals surface area contributed by atoms with Gasteiger partial charge in [-0.25, -0.2) is 14.1 Å². The first kappa shape index (κ1) is 20.9. The summed E-state index contributed by atoms with van der Waals surface area (Å²) < 4.78 is 21.5. The van der Waals surface area contributed by atoms with E-state index in [1.165, 1.54) is 30.7 Å². The van der Waals surface area contributed by atoms with E-state index in [9.17, 15) is 9.18 Å². The van der Waals surface area contributed by atoms with Gasteiger partial charge in [0, 0.05) is 18.8 Å². The fourth-order valence-corrected chi connectivity index (χ4v) is 3.00. The Kier molecular flexibility index (Phi) is 6.62. The summed E-state index contributed by atoms with van der Waals surface area (Å²) >= 11 is 0. The van der Waals surface area contributed by atoms with E-state index in [2.05, 4.69) is 20.4 Å². The second kappa shape index (κ2) is 10.1. The van der Waals surface area contributed by atoms with Gasteiger partial charge in [-0.1, -0.05) is 30.3 Å². The van der Waals surface area contributed by atoms with E-state index in [0.717, 1.165) is 11.1 Å². The van der Waals surface area contributed by atoms with Crippen molar-refractivity contribution in [3.8, 4) is 11.5 Å². The van der Waals surface area contributed by atoms with Crippen molar-refractivity contribution in [3.63, 3.8) is 0 Å². The lowest BCUT2D eigenvalue weighted by molar-refractivity contribution is -0.116. The van der Waals surface area contributed by atoms with E-state index in [0.29, 0.717) is 24.4 Å². The minimum Gasteiger partial charge on any atom is -0.453 e. The molecule has 0 aliphatic rings. The van der Waals surface area contributed by atoms with Gasteiger partial charge in [-0.15, -0.1) is 0 Å². The minimum atomic E-state index is -0.527. The fraction of sp³-hybridized carbons (Fsp3) is 0.0833. The summed E-state index contributed by atoms with van der Waals surface area (Å²) in [5.74, 6) is -0.270. The van der Waals surface area contributed by atoms with Gasteiger partial charge in [0.15, 0.2) is 11.6 Å². The number of nitrogens with one attached hydrogen (secondary N) is 1. The van der Waals surface area contributed by atoms with Crippen LogP contribution in [0.2, 0.25) is 0 Å². The molecule has 0 aliphatic carbocycles. The second-order valence-electron chi connectivity index (χ2n) is 6.94. The quantitative estimate of drug-likeness (QED) is 0.429. The number of aromatic nitrogens is 4. The van der Waals surface area contributed by atoms with Gasteiger partial charge >= 0.3 is 0 Å². The van der Waals surface area contributed by atoms with Crippen LogP contribution in [0.4, 0.5) is 4.39 Å². The van der Waals surface area contributed by atoms with E-state index in [4.69, 9.17) is 4.74 Å². The van der Waals surface area contributed by atoms with Crippen molar-refractivity contribution in [2.24, 2.45) is 0 Å². The first-order chi connectivity index (χ1) is 15.7. The van der Waals surface area contributed by atoms with Gasteiger partial charge in [0.1, 0.15) is 18.4 Å². The third-order valence-corrected chi connectivity index (χ3v) is 4.51. The van der Waals surface area contributed by atoms with Gasteiger partial charge in [-0.2, -0.15) is 5.10 Å². The number of hydrogen-bond donors (Lipinski definition) is 1. The Labute approximate surface area is 184 Å². The number of rotatable bonds is 8. The van der Waals surface area contributed by atoms with Gasteiger partial charge in [0.25, 0.3) is 0 Å². The van der Waals surface area contributed by atoms with Crippen LogP contribution in [0.5, 0.6) is 11.5 Å². The molecular formula is C24H20FN5O2. The van der Waals surface area contributed by atoms with E-state index >= 15 is 0 Å². The Morgan fingerprint density at radius 1 is 1.09 bits per heavy atom. The maximum atomic E-state index is 14.3. The van der Waals surface area contributed by atoms with Crippen molar-refractivity contribution in [2.45, 2.75) is 13.1 Å². The molecule has 1 N–H and O–H groups in total. The summed E-state index contributed by atoms with van der Waals surface area (Å²) in [6.45, 7) is 0.981. The molecule has 7 nitrogen and oxygen atoms in total. The number of benzene rings is 2. The van der Waals surface area contributed by atoms with Crippen LogP contribution in [-0.2, 0) is 17.9 Å². The maximum Gasteiger partial charge on any atom is 0.244 e. The second-order valence-corrected chi connectivity index (χ2v) is 6.94. The molecule has 32 heavy (non-hydrogen) atoms. The van der Waals surface area contributed by atoms with Gasteiger partial charge in [-0.05, 0) is 47.0 Å². The highest BCUT2D eigenvalue weighted by molar-refractivity contribution is 5.91. The molecule has 4 rings (SSSR count). The summed E-state index contributed by atoms with van der Waals surface area (Å²) in [6, 6.07) is 15.7. The van der Waals surface area contributed by atoms with Gasteiger partial charge in [0.2, 0.25) is 5.91 Å². The maximum absolute atomic E-state index is 14.3. The zero-order chi connectivity index (χ0) is 22.2. The standard InChI is InChI=1S/C24H20FN5O2/c25-22-12-18(6-8-23(22)32-21-5-2-10-26-14-21)7-9-24(31)28-13-19-3-1-4-20(11-19)15-30-17-27-16-29-30/h1-12,14,16-17H,13,15H2,(H,28,31)/b9-7+. The highest BCUT2D eigenvalue weighted by Gasteiger charge is 2.06. The largest absolute Gasteiger partial charge is 0.453 e. The van der Waals surface area contributed by atoms with E-state index < -0.39 is 5.82 Å². The third-order valence-electron chi connectivity index (χ3n) is 4.51. The average Bonchev–Trinajstić information content (AvgIpc) is 3.32. The number of ether oxygens (including phenoxy) is 1. The number of halogens is 1. The molecule has 0 saturated carbocycles. The number of amides is 1. The fourth-order valence-electron chi connectivity index (χ4n) is 3.00. The normalized spacial score (nSPS) is 10.9. The molecule has 160 valence electrons. The van der Waals surface area contributed by atoms with Crippen LogP contribution in [0, 0.1) is 5.82 Å². The molecule has 2 aromatic carbocycles. The molecule has 0 fully saturated rings. The minimum absolute atomic E-state index is 0.0883. The summed E-state index contributed by atoms with van der Waals surface area (Å²) in [6.07, 6.45) is 9.17. The van der Waals surface area contributed by atoms with Crippen molar-refractivity contribution in [1.82, 2.24) is 25.1 Å². The molecule has 0 aliphatic heterocycles. The van der Waals surface area contributed by atoms with Crippen LogP contribution in [0.15, 0.2) is 85.7 Å². The van der Waals surface area contributed by atoms with Crippen molar-refractivity contribution in [1.29, 1.82) is 0 Å². The number of carbonyl (C=O) groups excluding carboxylic acids is 1. The van der Waals surface area contributed by atoms with Crippen LogP contribution in [0.1, 0.15) is 16.7 Å². The van der Waals surface area contributed by atoms with E-state index in [1.807, 2.05) is 24.3 Å². The molecule has 0 atom stereocenters. The highest BCUT2D eigenvalue weighted by Crippen LogP contribution is 2.24. The van der Waals surface area contributed by atoms with Gasteiger partial charge < -0.3 is 10.1 Å². The molecule has 0 spiro atoms. The first-order valence-corrected chi connectivity index (χ1v) is 9.89. The van der Waals surface area contributed by atoms with Crippen molar-refractivity contribution < 1.29 is 13.9 Å². The predicted molar refractivity (Wildman–Crippen MR) is 117 cm³/mol. The molecule has 1 amide bonds. The monoisotopic (exact) mass is 429 g/mol.